The Hall–Kier alpha value is -3.48. The van der Waals surface area contributed by atoms with E-state index in [1.54, 1.807) is 22.7 Å². The Morgan fingerprint density at radius 2 is 1.96 bits per heavy atom. The molecule has 2 heterocycles. The van der Waals surface area contributed by atoms with E-state index in [1.807, 2.05) is 38.1 Å². The van der Waals surface area contributed by atoms with Gasteiger partial charge >= 0.3 is 0 Å². The lowest BCUT2D eigenvalue weighted by molar-refractivity contribution is 0.414. The molecule has 0 fully saturated rings. The molecule has 0 aliphatic rings. The van der Waals surface area contributed by atoms with Crippen LogP contribution in [-0.4, -0.2) is 31.7 Å². The second-order valence-corrected chi connectivity index (χ2v) is 6.48. The Labute approximate surface area is 155 Å². The summed E-state index contributed by atoms with van der Waals surface area (Å²) in [5.74, 6) is 0.694. The van der Waals surface area contributed by atoms with E-state index < -0.39 is 0 Å². The molecule has 0 bridgehead atoms. The molecule has 7 heteroatoms. The Morgan fingerprint density at radius 3 is 2.78 bits per heavy atom. The van der Waals surface area contributed by atoms with Crippen molar-refractivity contribution in [2.75, 3.05) is 7.11 Å². The molecule has 0 saturated carbocycles. The van der Waals surface area contributed by atoms with Gasteiger partial charge in [-0.2, -0.15) is 4.68 Å². The first-order valence-electron chi connectivity index (χ1n) is 8.58. The van der Waals surface area contributed by atoms with Crippen molar-refractivity contribution in [1.82, 2.24) is 24.5 Å². The second kappa shape index (κ2) is 6.68. The molecule has 0 spiro atoms. The number of aromatic nitrogens is 5. The van der Waals surface area contributed by atoms with Crippen LogP contribution in [0, 0.1) is 13.8 Å². The average Bonchev–Trinajstić information content (AvgIpc) is 3.12. The molecule has 0 aliphatic heterocycles. The number of aryl methyl sites for hydroxylation is 2. The molecule has 0 unspecified atom stereocenters. The molecule has 4 rings (SSSR count). The highest BCUT2D eigenvalue weighted by molar-refractivity contribution is 5.70. The summed E-state index contributed by atoms with van der Waals surface area (Å²) < 4.78 is 8.35. The van der Waals surface area contributed by atoms with E-state index >= 15 is 0 Å². The lowest BCUT2D eigenvalue weighted by atomic mass is 10.1. The number of nitrogens with zero attached hydrogens (tertiary/aromatic N) is 5. The second-order valence-electron chi connectivity index (χ2n) is 6.48. The molecule has 2 aromatic heterocycles. The minimum absolute atomic E-state index is 0.213. The summed E-state index contributed by atoms with van der Waals surface area (Å²) in [5.41, 5.74) is 4.55. The van der Waals surface area contributed by atoms with E-state index in [9.17, 15) is 4.79 Å². The normalized spacial score (nSPS) is 11.1. The first-order valence-corrected chi connectivity index (χ1v) is 8.58. The van der Waals surface area contributed by atoms with E-state index in [2.05, 4.69) is 33.5 Å². The van der Waals surface area contributed by atoms with Gasteiger partial charge in [0.05, 0.1) is 19.3 Å². The van der Waals surface area contributed by atoms with Gasteiger partial charge in [-0.25, -0.2) is 4.98 Å². The van der Waals surface area contributed by atoms with E-state index in [4.69, 9.17) is 4.74 Å². The van der Waals surface area contributed by atoms with Gasteiger partial charge in [0.25, 0.3) is 5.56 Å². The van der Waals surface area contributed by atoms with Gasteiger partial charge in [0.2, 0.25) is 0 Å². The number of hydrogen-bond donors (Lipinski definition) is 0. The zero-order chi connectivity index (χ0) is 19.0. The predicted molar refractivity (Wildman–Crippen MR) is 102 cm³/mol. The number of hydrogen-bond acceptors (Lipinski definition) is 5. The lowest BCUT2D eigenvalue weighted by Gasteiger charge is -2.09. The van der Waals surface area contributed by atoms with Crippen LogP contribution in [0.5, 0.6) is 5.75 Å². The first kappa shape index (κ1) is 17.0. The number of methoxy groups -OCH3 is 1. The van der Waals surface area contributed by atoms with E-state index in [1.165, 1.54) is 0 Å². The number of benzene rings is 2. The van der Waals surface area contributed by atoms with Gasteiger partial charge in [-0.1, -0.05) is 35.0 Å². The summed E-state index contributed by atoms with van der Waals surface area (Å²) in [6.07, 6.45) is 1.55. The maximum atomic E-state index is 12.9. The van der Waals surface area contributed by atoms with Crippen LogP contribution < -0.4 is 10.3 Å². The van der Waals surface area contributed by atoms with Gasteiger partial charge in [0.1, 0.15) is 12.1 Å². The first-order chi connectivity index (χ1) is 13.1. The van der Waals surface area contributed by atoms with Crippen LogP contribution in [0.15, 0.2) is 53.6 Å². The van der Waals surface area contributed by atoms with Crippen molar-refractivity contribution in [3.8, 4) is 11.4 Å². The zero-order valence-electron chi connectivity index (χ0n) is 15.4. The van der Waals surface area contributed by atoms with Crippen LogP contribution in [0.4, 0.5) is 0 Å². The van der Waals surface area contributed by atoms with Crippen LogP contribution in [0.25, 0.3) is 16.9 Å². The number of rotatable bonds is 4. The van der Waals surface area contributed by atoms with Gasteiger partial charge in [-0.3, -0.25) is 9.36 Å². The minimum atomic E-state index is -0.213. The molecule has 2 aromatic carbocycles. The van der Waals surface area contributed by atoms with Crippen LogP contribution in [0.3, 0.4) is 0 Å². The summed E-state index contributed by atoms with van der Waals surface area (Å²) in [6.45, 7) is 4.51. The topological polar surface area (TPSA) is 74.8 Å². The molecule has 0 radical (unpaired) electrons. The summed E-state index contributed by atoms with van der Waals surface area (Å²) in [6, 6.07) is 13.6. The third-order valence-electron chi connectivity index (χ3n) is 4.57. The van der Waals surface area contributed by atoms with Crippen molar-refractivity contribution in [1.29, 1.82) is 0 Å². The van der Waals surface area contributed by atoms with Gasteiger partial charge in [-0.05, 0) is 37.1 Å². The van der Waals surface area contributed by atoms with Gasteiger partial charge in [0.15, 0.2) is 11.2 Å². The Bertz CT molecular complexity index is 1190. The summed E-state index contributed by atoms with van der Waals surface area (Å²) in [4.78, 5) is 17.3. The van der Waals surface area contributed by atoms with Crippen molar-refractivity contribution in [2.24, 2.45) is 0 Å². The Kier molecular flexibility index (Phi) is 4.19. The molecule has 0 N–H and O–H groups in total. The standard InChI is InChI=1S/C20H19N5O2/c1-13-7-8-14(2)15(9-13)11-24-12-21-19-18(20(24)26)22-23-25(19)16-5-4-6-17(10-16)27-3/h4-10,12H,11H2,1-3H3. The predicted octanol–water partition coefficient (Wildman–Crippen LogP) is 2.65. The third kappa shape index (κ3) is 3.08. The Balaban J connectivity index is 1.78. The molecule has 7 nitrogen and oxygen atoms in total. The van der Waals surface area contributed by atoms with Crippen LogP contribution in [0.1, 0.15) is 16.7 Å². The lowest BCUT2D eigenvalue weighted by Crippen LogP contribution is -2.22. The highest BCUT2D eigenvalue weighted by atomic mass is 16.5. The fraction of sp³-hybridized carbons (Fsp3) is 0.200. The smallest absolute Gasteiger partial charge is 0.283 e. The van der Waals surface area contributed by atoms with Gasteiger partial charge in [0, 0.05) is 6.07 Å². The monoisotopic (exact) mass is 361 g/mol. The van der Waals surface area contributed by atoms with Gasteiger partial charge in [-0.15, -0.1) is 5.10 Å². The third-order valence-corrected chi connectivity index (χ3v) is 4.57. The quantitative estimate of drug-likeness (QED) is 0.559. The SMILES string of the molecule is COc1cccc(-n2nnc3c(=O)n(Cc4cc(C)ccc4C)cnc32)c1. The van der Waals surface area contributed by atoms with Crippen LogP contribution >= 0.6 is 0 Å². The van der Waals surface area contributed by atoms with Crippen molar-refractivity contribution < 1.29 is 4.74 Å². The maximum absolute atomic E-state index is 12.9. The van der Waals surface area contributed by atoms with Crippen LogP contribution in [-0.2, 0) is 6.54 Å². The summed E-state index contributed by atoms with van der Waals surface area (Å²) in [5, 5.41) is 8.19. The summed E-state index contributed by atoms with van der Waals surface area (Å²) in [7, 11) is 1.60. The maximum Gasteiger partial charge on any atom is 0.283 e. The van der Waals surface area contributed by atoms with Crippen molar-refractivity contribution in [2.45, 2.75) is 20.4 Å². The molecule has 136 valence electrons. The van der Waals surface area contributed by atoms with Crippen molar-refractivity contribution in [3.05, 3.63) is 75.8 Å². The van der Waals surface area contributed by atoms with Crippen LogP contribution in [0.2, 0.25) is 0 Å². The van der Waals surface area contributed by atoms with Crippen molar-refractivity contribution >= 4 is 11.2 Å². The van der Waals surface area contributed by atoms with E-state index in [0.29, 0.717) is 17.9 Å². The molecular formula is C20H19N5O2. The molecule has 4 aromatic rings. The highest BCUT2D eigenvalue weighted by Gasteiger charge is 2.14. The molecule has 0 saturated heterocycles. The molecule has 0 aliphatic carbocycles. The molecule has 27 heavy (non-hydrogen) atoms. The number of fused-ring (bicyclic) bond motifs is 1. The highest BCUT2D eigenvalue weighted by Crippen LogP contribution is 2.18. The number of ether oxygens (including phenoxy) is 1. The molecular weight excluding hydrogens is 342 g/mol. The Morgan fingerprint density at radius 1 is 1.11 bits per heavy atom. The fourth-order valence-corrected chi connectivity index (χ4v) is 3.03. The van der Waals surface area contributed by atoms with E-state index in [-0.39, 0.29) is 11.1 Å². The summed E-state index contributed by atoms with van der Waals surface area (Å²) >= 11 is 0. The van der Waals surface area contributed by atoms with Gasteiger partial charge < -0.3 is 4.74 Å². The largest absolute Gasteiger partial charge is 0.497 e. The van der Waals surface area contributed by atoms with Crippen molar-refractivity contribution in [3.63, 3.8) is 0 Å². The molecule has 0 atom stereocenters. The molecule has 0 amide bonds. The average molecular weight is 361 g/mol. The van der Waals surface area contributed by atoms with E-state index in [0.717, 1.165) is 22.4 Å². The zero-order valence-corrected chi connectivity index (χ0v) is 15.4. The fourth-order valence-electron chi connectivity index (χ4n) is 3.03. The minimum Gasteiger partial charge on any atom is -0.497 e.